The highest BCUT2D eigenvalue weighted by Gasteiger charge is 2.06. The number of rotatable bonds is 4. The van der Waals surface area contributed by atoms with Crippen molar-refractivity contribution < 1.29 is 9.53 Å². The summed E-state index contributed by atoms with van der Waals surface area (Å²) in [4.78, 5) is 18.8. The molecule has 0 aromatic carbocycles. The van der Waals surface area contributed by atoms with Gasteiger partial charge in [-0.1, -0.05) is 11.6 Å². The number of hydrogen-bond donors (Lipinski definition) is 1. The first-order chi connectivity index (χ1) is 7.65. The van der Waals surface area contributed by atoms with E-state index in [4.69, 9.17) is 22.1 Å². The Hall–Kier alpha value is -1.62. The third-order valence-electron chi connectivity index (χ3n) is 1.71. The zero-order valence-electron chi connectivity index (χ0n) is 8.81. The Labute approximate surface area is 98.3 Å². The lowest BCUT2D eigenvalue weighted by molar-refractivity contribution is -0.141. The van der Waals surface area contributed by atoms with E-state index >= 15 is 0 Å². The van der Waals surface area contributed by atoms with Gasteiger partial charge in [0.2, 0.25) is 0 Å². The maximum atomic E-state index is 11.0. The number of aliphatic imine (C=N–C) groups is 1. The lowest BCUT2D eigenvalue weighted by atomic mass is 10.3. The summed E-state index contributed by atoms with van der Waals surface area (Å²) < 4.78 is 4.71. The zero-order chi connectivity index (χ0) is 12.0. The predicted molar refractivity (Wildman–Crippen MR) is 62.5 cm³/mol. The summed E-state index contributed by atoms with van der Waals surface area (Å²) in [6.07, 6.45) is 1.55. The number of halogens is 1. The molecule has 1 aromatic heterocycles. The number of nitrogen functional groups attached to an aromatic ring is 1. The van der Waals surface area contributed by atoms with Crippen LogP contribution in [0.5, 0.6) is 0 Å². The Morgan fingerprint density at radius 1 is 1.69 bits per heavy atom. The summed E-state index contributed by atoms with van der Waals surface area (Å²) in [5.74, 6) is -0.150. The van der Waals surface area contributed by atoms with Gasteiger partial charge in [0, 0.05) is 6.20 Å². The van der Waals surface area contributed by atoms with E-state index in [0.29, 0.717) is 12.2 Å². The van der Waals surface area contributed by atoms with Crippen molar-refractivity contribution in [2.24, 2.45) is 4.99 Å². The molecule has 5 nitrogen and oxygen atoms in total. The van der Waals surface area contributed by atoms with Gasteiger partial charge in [-0.15, -0.1) is 0 Å². The van der Waals surface area contributed by atoms with E-state index in [1.807, 2.05) is 0 Å². The highest BCUT2D eigenvalue weighted by molar-refractivity contribution is 6.70. The topological polar surface area (TPSA) is 77.6 Å². The van der Waals surface area contributed by atoms with Crippen molar-refractivity contribution in [1.29, 1.82) is 0 Å². The molecule has 0 amide bonds. The normalized spacial score (nSPS) is 11.2. The fourth-order valence-corrected chi connectivity index (χ4v) is 1.24. The monoisotopic (exact) mass is 241 g/mol. The van der Waals surface area contributed by atoms with E-state index in [1.165, 1.54) is 0 Å². The molecule has 0 radical (unpaired) electrons. The van der Waals surface area contributed by atoms with Crippen LogP contribution in [0.15, 0.2) is 23.3 Å². The van der Waals surface area contributed by atoms with Gasteiger partial charge in [-0.05, 0) is 19.1 Å². The Kier molecular flexibility index (Phi) is 4.72. The average Bonchev–Trinajstić information content (AvgIpc) is 2.27. The number of esters is 1. The summed E-state index contributed by atoms with van der Waals surface area (Å²) in [6, 6.07) is 3.37. The van der Waals surface area contributed by atoms with Crippen molar-refractivity contribution in [3.8, 4) is 0 Å². The number of carbonyl (C=O) groups is 1. The van der Waals surface area contributed by atoms with Crippen LogP contribution in [0.1, 0.15) is 12.5 Å². The van der Waals surface area contributed by atoms with Crippen LogP contribution in [0.25, 0.3) is 0 Å². The fraction of sp³-hybridized carbons (Fsp3) is 0.300. The number of anilines is 1. The van der Waals surface area contributed by atoms with Gasteiger partial charge >= 0.3 is 5.97 Å². The molecule has 1 heterocycles. The average molecular weight is 242 g/mol. The van der Waals surface area contributed by atoms with Gasteiger partial charge in [-0.2, -0.15) is 0 Å². The predicted octanol–water partition coefficient (Wildman–Crippen LogP) is 1.21. The highest BCUT2D eigenvalue weighted by Crippen LogP contribution is 2.11. The number of nitrogens with two attached hydrogens (primary N) is 1. The molecule has 6 heteroatoms. The summed E-state index contributed by atoms with van der Waals surface area (Å²) in [5.41, 5.74) is 6.10. The molecule has 0 atom stereocenters. The molecule has 0 bridgehead atoms. The molecule has 1 aromatic rings. The van der Waals surface area contributed by atoms with Gasteiger partial charge in [0.25, 0.3) is 0 Å². The molecule has 1 rings (SSSR count). The maximum absolute atomic E-state index is 11.0. The summed E-state index contributed by atoms with van der Waals surface area (Å²) in [5, 5.41) is 0.152. The Morgan fingerprint density at radius 3 is 3.06 bits per heavy atom. The van der Waals surface area contributed by atoms with Crippen LogP contribution in [0.4, 0.5) is 5.82 Å². The Morgan fingerprint density at radius 2 is 2.44 bits per heavy atom. The standard InChI is InChI=1S/C10H12ClN3O2/c1-2-16-8(15)6-14-9(11)7-4-3-5-13-10(7)12/h3-5H,2,6H2,1H3,(H2,12,13). The Balaban J connectivity index is 2.71. The van der Waals surface area contributed by atoms with E-state index in [1.54, 1.807) is 25.3 Å². The Bertz CT molecular complexity index is 407. The molecule has 0 aliphatic rings. The minimum atomic E-state index is -0.428. The van der Waals surface area contributed by atoms with Crippen molar-refractivity contribution in [1.82, 2.24) is 4.98 Å². The largest absolute Gasteiger partial charge is 0.465 e. The van der Waals surface area contributed by atoms with Crippen LogP contribution < -0.4 is 5.73 Å². The first-order valence-corrected chi connectivity index (χ1v) is 5.09. The van der Waals surface area contributed by atoms with Crippen molar-refractivity contribution >= 4 is 28.6 Å². The van der Waals surface area contributed by atoms with E-state index in [9.17, 15) is 4.79 Å². The molecule has 86 valence electrons. The fourth-order valence-electron chi connectivity index (χ4n) is 1.02. The van der Waals surface area contributed by atoms with Crippen LogP contribution in [0.2, 0.25) is 0 Å². The van der Waals surface area contributed by atoms with Crippen molar-refractivity contribution in [2.45, 2.75) is 6.92 Å². The first-order valence-electron chi connectivity index (χ1n) is 4.71. The molecule has 0 aliphatic carbocycles. The third-order valence-corrected chi connectivity index (χ3v) is 2.04. The van der Waals surface area contributed by atoms with Gasteiger partial charge in [-0.3, -0.25) is 9.79 Å². The molecule has 0 saturated carbocycles. The van der Waals surface area contributed by atoms with Gasteiger partial charge in [0.15, 0.2) is 0 Å². The van der Waals surface area contributed by atoms with E-state index in [-0.39, 0.29) is 17.5 Å². The van der Waals surface area contributed by atoms with Gasteiger partial charge < -0.3 is 10.5 Å². The van der Waals surface area contributed by atoms with E-state index in [2.05, 4.69) is 9.98 Å². The second-order valence-corrected chi connectivity index (χ2v) is 3.21. The third kappa shape index (κ3) is 3.51. The number of aromatic nitrogens is 1. The molecule has 16 heavy (non-hydrogen) atoms. The first kappa shape index (κ1) is 12.4. The van der Waals surface area contributed by atoms with Crippen LogP contribution in [0.3, 0.4) is 0 Å². The minimum absolute atomic E-state index is 0.124. The molecular weight excluding hydrogens is 230 g/mol. The quantitative estimate of drug-likeness (QED) is 0.635. The lowest BCUT2D eigenvalue weighted by Gasteiger charge is -2.02. The lowest BCUT2D eigenvalue weighted by Crippen LogP contribution is -2.09. The van der Waals surface area contributed by atoms with Crippen LogP contribution in [-0.2, 0) is 9.53 Å². The van der Waals surface area contributed by atoms with Gasteiger partial charge in [0.05, 0.1) is 12.2 Å². The van der Waals surface area contributed by atoms with Crippen molar-refractivity contribution in [3.05, 3.63) is 23.9 Å². The molecule has 0 unspecified atom stereocenters. The summed E-state index contributed by atoms with van der Waals surface area (Å²) >= 11 is 5.88. The number of pyridine rings is 1. The molecule has 0 saturated heterocycles. The maximum Gasteiger partial charge on any atom is 0.327 e. The molecule has 0 aliphatic heterocycles. The smallest absolute Gasteiger partial charge is 0.327 e. The second-order valence-electron chi connectivity index (χ2n) is 2.85. The van der Waals surface area contributed by atoms with Crippen molar-refractivity contribution in [2.75, 3.05) is 18.9 Å². The van der Waals surface area contributed by atoms with E-state index in [0.717, 1.165) is 0 Å². The summed E-state index contributed by atoms with van der Waals surface area (Å²) in [6.45, 7) is 1.92. The number of hydrogen-bond acceptors (Lipinski definition) is 5. The van der Waals surface area contributed by atoms with Crippen LogP contribution in [0, 0.1) is 0 Å². The number of ether oxygens (including phenoxy) is 1. The highest BCUT2D eigenvalue weighted by atomic mass is 35.5. The molecule has 0 spiro atoms. The SMILES string of the molecule is CCOC(=O)CN=C(Cl)c1cccnc1N. The number of nitrogens with zero attached hydrogens (tertiary/aromatic N) is 2. The minimum Gasteiger partial charge on any atom is -0.465 e. The van der Waals surface area contributed by atoms with Crippen molar-refractivity contribution in [3.63, 3.8) is 0 Å². The van der Waals surface area contributed by atoms with Gasteiger partial charge in [0.1, 0.15) is 17.5 Å². The zero-order valence-corrected chi connectivity index (χ0v) is 9.57. The van der Waals surface area contributed by atoms with Crippen LogP contribution in [-0.4, -0.2) is 29.3 Å². The number of carbonyl (C=O) groups excluding carboxylic acids is 1. The van der Waals surface area contributed by atoms with Gasteiger partial charge in [-0.25, -0.2) is 4.98 Å². The second kappa shape index (κ2) is 6.07. The molecular formula is C10H12ClN3O2. The molecule has 2 N–H and O–H groups in total. The summed E-state index contributed by atoms with van der Waals surface area (Å²) in [7, 11) is 0. The van der Waals surface area contributed by atoms with Crippen LogP contribution >= 0.6 is 11.6 Å². The van der Waals surface area contributed by atoms with E-state index < -0.39 is 5.97 Å². The molecule has 0 fully saturated rings.